The number of rotatable bonds is 6. The van der Waals surface area contributed by atoms with Crippen LogP contribution in [0.4, 0.5) is 5.82 Å². The van der Waals surface area contributed by atoms with Gasteiger partial charge in [0.2, 0.25) is 0 Å². The normalized spacial score (nSPS) is 13.7. The van der Waals surface area contributed by atoms with Crippen molar-refractivity contribution in [1.82, 2.24) is 24.9 Å². The number of nitrogens with zero attached hydrogens (tertiary/aromatic N) is 4. The highest BCUT2D eigenvalue weighted by molar-refractivity contribution is 6.10. The van der Waals surface area contributed by atoms with Crippen LogP contribution in [0.2, 0.25) is 0 Å². The van der Waals surface area contributed by atoms with Crippen molar-refractivity contribution in [2.75, 3.05) is 18.4 Å². The number of carbonyl (C=O) groups excluding carboxylic acids is 2. The van der Waals surface area contributed by atoms with Gasteiger partial charge in [0.1, 0.15) is 5.69 Å². The fourth-order valence-electron chi connectivity index (χ4n) is 2.65. The molecule has 0 radical (unpaired) electrons. The van der Waals surface area contributed by atoms with Crippen molar-refractivity contribution >= 4 is 17.6 Å². The van der Waals surface area contributed by atoms with Crippen LogP contribution in [0, 0.1) is 0 Å². The standard InChI is InChI=1S/C16H22N6O2/c1-3-4-6-11-9-13(20-19-11)18-15(23)14-12(10-17-21(14)2)16(24)22-7-5-8-22/h9-10H,3-8H2,1-2H3,(H2,18,19,20,23). The lowest BCUT2D eigenvalue weighted by molar-refractivity contribution is 0.0648. The van der Waals surface area contributed by atoms with E-state index in [4.69, 9.17) is 0 Å². The summed E-state index contributed by atoms with van der Waals surface area (Å²) < 4.78 is 1.42. The zero-order valence-corrected chi connectivity index (χ0v) is 14.0. The minimum atomic E-state index is -0.382. The predicted molar refractivity (Wildman–Crippen MR) is 88.9 cm³/mol. The van der Waals surface area contributed by atoms with Gasteiger partial charge in [-0.2, -0.15) is 10.2 Å². The topological polar surface area (TPSA) is 95.9 Å². The van der Waals surface area contributed by atoms with E-state index < -0.39 is 0 Å². The van der Waals surface area contributed by atoms with Gasteiger partial charge in [0, 0.05) is 31.9 Å². The molecule has 3 heterocycles. The minimum absolute atomic E-state index is 0.148. The summed E-state index contributed by atoms with van der Waals surface area (Å²) in [4.78, 5) is 26.7. The van der Waals surface area contributed by atoms with E-state index >= 15 is 0 Å². The first-order valence-electron chi connectivity index (χ1n) is 8.27. The van der Waals surface area contributed by atoms with Crippen LogP contribution in [-0.4, -0.2) is 49.8 Å². The average molecular weight is 330 g/mol. The highest BCUT2D eigenvalue weighted by atomic mass is 16.2. The third-order valence-corrected chi connectivity index (χ3v) is 4.20. The second kappa shape index (κ2) is 6.86. The molecule has 0 spiro atoms. The first-order valence-corrected chi connectivity index (χ1v) is 8.27. The Morgan fingerprint density at radius 1 is 1.38 bits per heavy atom. The molecule has 0 bridgehead atoms. The summed E-state index contributed by atoms with van der Waals surface area (Å²) in [6.07, 6.45) is 5.50. The SMILES string of the molecule is CCCCc1cc(NC(=O)c2c(C(=O)N3CCC3)cnn2C)n[nH]1. The van der Waals surface area contributed by atoms with Gasteiger partial charge in [0.15, 0.2) is 5.82 Å². The second-order valence-electron chi connectivity index (χ2n) is 6.01. The monoisotopic (exact) mass is 330 g/mol. The number of nitrogens with one attached hydrogen (secondary N) is 2. The molecule has 0 saturated carbocycles. The summed E-state index contributed by atoms with van der Waals surface area (Å²) in [5, 5.41) is 13.8. The molecule has 8 nitrogen and oxygen atoms in total. The molecule has 1 aliphatic heterocycles. The quantitative estimate of drug-likeness (QED) is 0.840. The van der Waals surface area contributed by atoms with Crippen molar-refractivity contribution in [3.05, 3.63) is 29.2 Å². The van der Waals surface area contributed by atoms with Crippen LogP contribution < -0.4 is 5.32 Å². The van der Waals surface area contributed by atoms with E-state index in [1.54, 1.807) is 11.9 Å². The van der Waals surface area contributed by atoms with E-state index in [9.17, 15) is 9.59 Å². The minimum Gasteiger partial charge on any atom is -0.338 e. The molecule has 0 aliphatic carbocycles. The van der Waals surface area contributed by atoms with E-state index in [0.29, 0.717) is 11.4 Å². The predicted octanol–water partition coefficient (Wildman–Crippen LogP) is 1.58. The highest BCUT2D eigenvalue weighted by Crippen LogP contribution is 2.17. The number of H-pyrrole nitrogens is 1. The van der Waals surface area contributed by atoms with Crippen molar-refractivity contribution in [2.45, 2.75) is 32.6 Å². The van der Waals surface area contributed by atoms with E-state index in [1.165, 1.54) is 10.9 Å². The first kappa shape index (κ1) is 16.2. The third kappa shape index (κ3) is 3.17. The van der Waals surface area contributed by atoms with E-state index in [2.05, 4.69) is 27.5 Å². The van der Waals surface area contributed by atoms with Gasteiger partial charge in [-0.1, -0.05) is 13.3 Å². The van der Waals surface area contributed by atoms with Crippen molar-refractivity contribution < 1.29 is 9.59 Å². The lowest BCUT2D eigenvalue weighted by atomic mass is 10.1. The molecule has 128 valence electrons. The van der Waals surface area contributed by atoms with Gasteiger partial charge in [-0.3, -0.25) is 19.4 Å². The van der Waals surface area contributed by atoms with Crippen LogP contribution in [0.3, 0.4) is 0 Å². The Kier molecular flexibility index (Phi) is 4.64. The van der Waals surface area contributed by atoms with Crippen LogP contribution in [0.5, 0.6) is 0 Å². The summed E-state index contributed by atoms with van der Waals surface area (Å²) in [7, 11) is 1.65. The largest absolute Gasteiger partial charge is 0.338 e. The molecule has 0 atom stereocenters. The number of amides is 2. The van der Waals surface area contributed by atoms with Crippen LogP contribution in [-0.2, 0) is 13.5 Å². The summed E-state index contributed by atoms with van der Waals surface area (Å²) >= 11 is 0. The Morgan fingerprint density at radius 2 is 2.17 bits per heavy atom. The molecule has 0 unspecified atom stereocenters. The van der Waals surface area contributed by atoms with E-state index in [-0.39, 0.29) is 17.5 Å². The van der Waals surface area contributed by atoms with Gasteiger partial charge in [-0.05, 0) is 19.3 Å². The van der Waals surface area contributed by atoms with Crippen LogP contribution in [0.25, 0.3) is 0 Å². The van der Waals surface area contributed by atoms with Crippen LogP contribution >= 0.6 is 0 Å². The zero-order chi connectivity index (χ0) is 17.1. The number of aromatic amines is 1. The van der Waals surface area contributed by atoms with Gasteiger partial charge in [-0.25, -0.2) is 0 Å². The number of hydrogen-bond donors (Lipinski definition) is 2. The molecule has 1 aliphatic rings. The van der Waals surface area contributed by atoms with E-state index in [0.717, 1.165) is 44.5 Å². The van der Waals surface area contributed by atoms with Crippen molar-refractivity contribution in [3.63, 3.8) is 0 Å². The van der Waals surface area contributed by atoms with Gasteiger partial charge in [0.05, 0.1) is 11.8 Å². The molecule has 3 rings (SSSR count). The molecule has 2 amide bonds. The van der Waals surface area contributed by atoms with E-state index in [1.807, 2.05) is 6.07 Å². The van der Waals surface area contributed by atoms with Crippen molar-refractivity contribution in [3.8, 4) is 0 Å². The Hall–Kier alpha value is -2.64. The van der Waals surface area contributed by atoms with Gasteiger partial charge in [-0.15, -0.1) is 0 Å². The van der Waals surface area contributed by atoms with Crippen LogP contribution in [0.1, 0.15) is 52.7 Å². The smallest absolute Gasteiger partial charge is 0.275 e. The zero-order valence-electron chi connectivity index (χ0n) is 14.0. The third-order valence-electron chi connectivity index (χ3n) is 4.20. The number of aryl methyl sites for hydroxylation is 2. The summed E-state index contributed by atoms with van der Waals surface area (Å²) in [6.45, 7) is 3.59. The Bertz CT molecular complexity index is 744. The van der Waals surface area contributed by atoms with Gasteiger partial charge < -0.3 is 10.2 Å². The summed E-state index contributed by atoms with van der Waals surface area (Å²) in [6, 6.07) is 1.82. The number of likely N-dealkylation sites (tertiary alicyclic amines) is 1. The molecular weight excluding hydrogens is 308 g/mol. The Balaban J connectivity index is 1.74. The highest BCUT2D eigenvalue weighted by Gasteiger charge is 2.28. The van der Waals surface area contributed by atoms with Crippen molar-refractivity contribution in [2.24, 2.45) is 7.05 Å². The molecule has 1 saturated heterocycles. The number of unbranched alkanes of at least 4 members (excludes halogenated alkanes) is 1. The molecular formula is C16H22N6O2. The van der Waals surface area contributed by atoms with Crippen molar-refractivity contribution in [1.29, 1.82) is 0 Å². The first-order chi connectivity index (χ1) is 11.6. The molecule has 8 heteroatoms. The fourth-order valence-corrected chi connectivity index (χ4v) is 2.65. The number of hydrogen-bond acceptors (Lipinski definition) is 4. The second-order valence-corrected chi connectivity index (χ2v) is 6.01. The lowest BCUT2D eigenvalue weighted by Gasteiger charge is -2.30. The summed E-state index contributed by atoms with van der Waals surface area (Å²) in [5.74, 6) is -0.0766. The maximum Gasteiger partial charge on any atom is 0.275 e. The molecule has 2 aromatic heterocycles. The Labute approximate surface area is 140 Å². The van der Waals surface area contributed by atoms with Gasteiger partial charge >= 0.3 is 0 Å². The molecule has 2 N–H and O–H groups in total. The van der Waals surface area contributed by atoms with Crippen LogP contribution in [0.15, 0.2) is 12.3 Å². The molecule has 2 aromatic rings. The molecule has 0 aromatic carbocycles. The molecule has 24 heavy (non-hydrogen) atoms. The maximum atomic E-state index is 12.6. The lowest BCUT2D eigenvalue weighted by Crippen LogP contribution is -2.42. The molecule has 1 fully saturated rings. The Morgan fingerprint density at radius 3 is 2.83 bits per heavy atom. The van der Waals surface area contributed by atoms with Gasteiger partial charge in [0.25, 0.3) is 11.8 Å². The average Bonchev–Trinajstić information content (AvgIpc) is 3.09. The fraction of sp³-hybridized carbons (Fsp3) is 0.500. The summed E-state index contributed by atoms with van der Waals surface area (Å²) in [5.41, 5.74) is 1.57. The maximum absolute atomic E-state index is 12.6. The number of carbonyl (C=O) groups is 2. The number of anilines is 1. The number of aromatic nitrogens is 4.